The van der Waals surface area contributed by atoms with E-state index in [9.17, 15) is 9.59 Å². The van der Waals surface area contributed by atoms with Crippen LogP contribution < -0.4 is 27.2 Å². The maximum absolute atomic E-state index is 12.0. The molecule has 0 aliphatic carbocycles. The minimum absolute atomic E-state index is 0.257. The van der Waals surface area contributed by atoms with E-state index in [0.717, 1.165) is 16.5 Å². The van der Waals surface area contributed by atoms with Gasteiger partial charge in [-0.2, -0.15) is 5.10 Å². The van der Waals surface area contributed by atoms with Crippen molar-refractivity contribution >= 4 is 45.4 Å². The number of benzene rings is 2. The number of anilines is 4. The Labute approximate surface area is 158 Å². The van der Waals surface area contributed by atoms with E-state index in [-0.39, 0.29) is 5.69 Å². The number of rotatable bonds is 6. The third-order valence-corrected chi connectivity index (χ3v) is 4.61. The lowest BCUT2D eigenvalue weighted by Gasteiger charge is -2.15. The van der Waals surface area contributed by atoms with E-state index in [0.29, 0.717) is 35.2 Å². The number of halogens is 1. The van der Waals surface area contributed by atoms with Crippen molar-refractivity contribution in [3.05, 3.63) is 73.5 Å². The van der Waals surface area contributed by atoms with Crippen LogP contribution in [0.25, 0.3) is 10.9 Å². The van der Waals surface area contributed by atoms with E-state index in [1.165, 1.54) is 0 Å². The number of hydrogen-bond acceptors (Lipinski definition) is 6. The second-order valence-corrected chi connectivity index (χ2v) is 6.65. The molecule has 0 aliphatic heterocycles. The third-order valence-electron chi connectivity index (χ3n) is 4.38. The van der Waals surface area contributed by atoms with Crippen molar-refractivity contribution < 1.29 is 0 Å². The second-order valence-electron chi connectivity index (χ2n) is 6.21. The molecule has 0 spiro atoms. The van der Waals surface area contributed by atoms with Gasteiger partial charge in [0.1, 0.15) is 11.4 Å². The summed E-state index contributed by atoms with van der Waals surface area (Å²) in [4.78, 5) is 23.9. The fourth-order valence-corrected chi connectivity index (χ4v) is 3.17. The third kappa shape index (κ3) is 3.24. The van der Waals surface area contributed by atoms with Crippen LogP contribution in [0.1, 0.15) is 5.56 Å². The van der Waals surface area contributed by atoms with Crippen LogP contribution in [0.3, 0.4) is 0 Å². The Morgan fingerprint density at radius 3 is 2.70 bits per heavy atom. The minimum atomic E-state index is -0.541. The highest BCUT2D eigenvalue weighted by molar-refractivity contribution is 6.30. The SMILES string of the molecule is Nc1n[nH]c2ccc(Nc3c(NCCc4cccc(Cl)c4)c(=O)c3=O)cc12. The Morgan fingerprint density at radius 1 is 1.07 bits per heavy atom. The van der Waals surface area contributed by atoms with Crippen LogP contribution >= 0.6 is 11.6 Å². The maximum atomic E-state index is 12.0. The summed E-state index contributed by atoms with van der Waals surface area (Å²) in [6, 6.07) is 12.9. The van der Waals surface area contributed by atoms with Crippen molar-refractivity contribution in [1.82, 2.24) is 10.2 Å². The molecule has 0 saturated heterocycles. The molecular formula is C19H16ClN5O2. The van der Waals surface area contributed by atoms with Crippen LogP contribution in [0, 0.1) is 0 Å². The number of aromatic nitrogens is 2. The molecule has 0 fully saturated rings. The minimum Gasteiger partial charge on any atom is -0.382 e. The summed E-state index contributed by atoms with van der Waals surface area (Å²) in [6.45, 7) is 0.508. The Balaban J connectivity index is 1.49. The fraction of sp³-hybridized carbons (Fsp3) is 0.105. The summed E-state index contributed by atoms with van der Waals surface area (Å²) in [6.07, 6.45) is 0.677. The highest BCUT2D eigenvalue weighted by atomic mass is 35.5. The number of hydrogen-bond donors (Lipinski definition) is 4. The summed E-state index contributed by atoms with van der Waals surface area (Å²) in [5, 5.41) is 14.2. The van der Waals surface area contributed by atoms with E-state index in [1.54, 1.807) is 24.3 Å². The molecule has 27 heavy (non-hydrogen) atoms. The van der Waals surface area contributed by atoms with Crippen molar-refractivity contribution in [2.45, 2.75) is 6.42 Å². The first-order valence-corrected chi connectivity index (χ1v) is 8.73. The first kappa shape index (κ1) is 17.1. The van der Waals surface area contributed by atoms with E-state index in [2.05, 4.69) is 20.8 Å². The molecular weight excluding hydrogens is 366 g/mol. The average Bonchev–Trinajstić information content (AvgIpc) is 3.04. The molecule has 7 nitrogen and oxygen atoms in total. The number of nitrogens with one attached hydrogen (secondary N) is 3. The summed E-state index contributed by atoms with van der Waals surface area (Å²) >= 11 is 5.97. The molecule has 3 aromatic carbocycles. The molecule has 0 bridgehead atoms. The molecule has 8 heteroatoms. The largest absolute Gasteiger partial charge is 0.382 e. The standard InChI is InChI=1S/C19H16ClN5O2/c20-11-3-1-2-10(8-11)6-7-22-15-16(18(27)17(15)26)23-12-4-5-14-13(9-12)19(21)25-24-14/h1-5,8-9,22-23H,6-7H2,(H3,21,24,25). The van der Waals surface area contributed by atoms with Gasteiger partial charge in [0.05, 0.1) is 5.52 Å². The van der Waals surface area contributed by atoms with Gasteiger partial charge in [-0.1, -0.05) is 23.7 Å². The van der Waals surface area contributed by atoms with Gasteiger partial charge in [0, 0.05) is 22.6 Å². The lowest BCUT2D eigenvalue weighted by molar-refractivity contribution is 1.01. The molecule has 1 aromatic heterocycles. The predicted octanol–water partition coefficient (Wildman–Crippen LogP) is 2.79. The van der Waals surface area contributed by atoms with Gasteiger partial charge in [-0.25, -0.2) is 0 Å². The number of nitrogens with zero attached hydrogens (tertiary/aromatic N) is 1. The maximum Gasteiger partial charge on any atom is 0.253 e. The quantitative estimate of drug-likeness (QED) is 0.382. The topological polar surface area (TPSA) is 113 Å². The molecule has 0 unspecified atom stereocenters. The Kier molecular flexibility index (Phi) is 4.29. The van der Waals surface area contributed by atoms with Gasteiger partial charge >= 0.3 is 0 Å². The zero-order valence-corrected chi connectivity index (χ0v) is 14.9. The lowest BCUT2D eigenvalue weighted by atomic mass is 10.1. The number of nitrogens with two attached hydrogens (primary N) is 1. The molecule has 1 heterocycles. The molecule has 4 aromatic rings. The van der Waals surface area contributed by atoms with Crippen molar-refractivity contribution in [3.8, 4) is 0 Å². The first-order valence-electron chi connectivity index (χ1n) is 8.35. The zero-order chi connectivity index (χ0) is 19.0. The highest BCUT2D eigenvalue weighted by Gasteiger charge is 2.21. The molecule has 0 atom stereocenters. The van der Waals surface area contributed by atoms with Gasteiger partial charge in [-0.15, -0.1) is 0 Å². The van der Waals surface area contributed by atoms with Crippen molar-refractivity contribution in [2.24, 2.45) is 0 Å². The van der Waals surface area contributed by atoms with Gasteiger partial charge < -0.3 is 16.4 Å². The molecule has 4 rings (SSSR count). The Hall–Kier alpha value is -3.32. The summed E-state index contributed by atoms with van der Waals surface area (Å²) in [5.41, 5.74) is 7.79. The zero-order valence-electron chi connectivity index (χ0n) is 14.2. The van der Waals surface area contributed by atoms with Crippen molar-refractivity contribution in [1.29, 1.82) is 0 Å². The summed E-state index contributed by atoms with van der Waals surface area (Å²) < 4.78 is 0. The van der Waals surface area contributed by atoms with Crippen LogP contribution in [0.2, 0.25) is 5.02 Å². The van der Waals surface area contributed by atoms with E-state index >= 15 is 0 Å². The average molecular weight is 382 g/mol. The molecule has 0 radical (unpaired) electrons. The second kappa shape index (κ2) is 6.77. The lowest BCUT2D eigenvalue weighted by Crippen LogP contribution is -2.37. The van der Waals surface area contributed by atoms with Gasteiger partial charge in [-0.3, -0.25) is 14.7 Å². The van der Waals surface area contributed by atoms with Crippen molar-refractivity contribution in [2.75, 3.05) is 22.9 Å². The van der Waals surface area contributed by atoms with Crippen LogP contribution in [-0.2, 0) is 6.42 Å². The van der Waals surface area contributed by atoms with Gasteiger partial charge in [-0.05, 0) is 42.3 Å². The number of aromatic amines is 1. The van der Waals surface area contributed by atoms with Crippen LogP contribution in [0.5, 0.6) is 0 Å². The molecule has 0 aliphatic rings. The van der Waals surface area contributed by atoms with Crippen LogP contribution in [-0.4, -0.2) is 16.7 Å². The Morgan fingerprint density at radius 2 is 1.89 bits per heavy atom. The molecule has 5 N–H and O–H groups in total. The van der Waals surface area contributed by atoms with Crippen LogP contribution in [0.15, 0.2) is 52.1 Å². The van der Waals surface area contributed by atoms with E-state index in [4.69, 9.17) is 17.3 Å². The smallest absolute Gasteiger partial charge is 0.253 e. The molecule has 0 amide bonds. The first-order chi connectivity index (χ1) is 13.0. The van der Waals surface area contributed by atoms with Gasteiger partial charge in [0.15, 0.2) is 5.82 Å². The number of fused-ring (bicyclic) bond motifs is 1. The van der Waals surface area contributed by atoms with E-state index < -0.39 is 10.9 Å². The molecule has 0 saturated carbocycles. The monoisotopic (exact) mass is 381 g/mol. The normalized spacial score (nSPS) is 11.1. The summed E-state index contributed by atoms with van der Waals surface area (Å²) in [5.74, 6) is 0.374. The number of H-pyrrole nitrogens is 1. The van der Waals surface area contributed by atoms with Gasteiger partial charge in [0.25, 0.3) is 10.9 Å². The summed E-state index contributed by atoms with van der Waals surface area (Å²) in [7, 11) is 0. The Bertz CT molecular complexity index is 1210. The van der Waals surface area contributed by atoms with E-state index in [1.807, 2.05) is 18.2 Å². The van der Waals surface area contributed by atoms with Crippen molar-refractivity contribution in [3.63, 3.8) is 0 Å². The fourth-order valence-electron chi connectivity index (χ4n) is 2.96. The van der Waals surface area contributed by atoms with Crippen LogP contribution in [0.4, 0.5) is 22.9 Å². The predicted molar refractivity (Wildman–Crippen MR) is 109 cm³/mol. The number of nitrogen functional groups attached to an aromatic ring is 1. The van der Waals surface area contributed by atoms with Gasteiger partial charge in [0.2, 0.25) is 0 Å². The molecule has 136 valence electrons. The highest BCUT2D eigenvalue weighted by Crippen LogP contribution is 2.26.